The highest BCUT2D eigenvalue weighted by atomic mass is 16.5. The van der Waals surface area contributed by atoms with Gasteiger partial charge in [-0.15, -0.1) is 0 Å². The summed E-state index contributed by atoms with van der Waals surface area (Å²) in [5.74, 6) is -0.0144. The number of hydrogen-bond acceptors (Lipinski definition) is 3. The van der Waals surface area contributed by atoms with Gasteiger partial charge in [-0.2, -0.15) is 0 Å². The van der Waals surface area contributed by atoms with Crippen LogP contribution in [-0.4, -0.2) is 24.5 Å². The van der Waals surface area contributed by atoms with Crippen LogP contribution in [0.5, 0.6) is 0 Å². The van der Waals surface area contributed by atoms with Gasteiger partial charge in [0.05, 0.1) is 6.61 Å². The first kappa shape index (κ1) is 16.3. The molecule has 0 amide bonds. The van der Waals surface area contributed by atoms with Crippen LogP contribution in [0.3, 0.4) is 0 Å². The van der Waals surface area contributed by atoms with Crippen LogP contribution in [0.1, 0.15) is 41.5 Å². The number of carbonyl (C=O) groups is 1. The molecule has 0 aliphatic heterocycles. The summed E-state index contributed by atoms with van der Waals surface area (Å²) >= 11 is 0. The van der Waals surface area contributed by atoms with E-state index in [9.17, 15) is 4.79 Å². The standard InChI is InChI=1S/C14H27NO2/c1-7-8-11(2)12(16)14(5,6)17-10-13(3,4)9-15/h7-8,11H,9-10,15H2,1-6H3. The number of ether oxygens (including phenoxy) is 1. The van der Waals surface area contributed by atoms with Crippen molar-refractivity contribution in [2.75, 3.05) is 13.2 Å². The van der Waals surface area contributed by atoms with Gasteiger partial charge in [-0.1, -0.05) is 32.9 Å². The Bertz CT molecular complexity index is 280. The minimum absolute atomic E-state index is 0.0958. The Kier molecular flexibility index (Phi) is 6.06. The van der Waals surface area contributed by atoms with E-state index in [1.807, 2.05) is 53.7 Å². The zero-order valence-electron chi connectivity index (χ0n) is 12.0. The quantitative estimate of drug-likeness (QED) is 0.697. The molecule has 17 heavy (non-hydrogen) atoms. The Labute approximate surface area is 105 Å². The van der Waals surface area contributed by atoms with Gasteiger partial charge < -0.3 is 10.5 Å². The van der Waals surface area contributed by atoms with Crippen molar-refractivity contribution in [1.82, 2.24) is 0 Å². The summed E-state index contributed by atoms with van der Waals surface area (Å²) in [6, 6.07) is 0. The fourth-order valence-electron chi connectivity index (χ4n) is 1.43. The first-order valence-electron chi connectivity index (χ1n) is 6.17. The molecule has 2 N–H and O–H groups in total. The second kappa shape index (κ2) is 6.31. The van der Waals surface area contributed by atoms with E-state index in [1.165, 1.54) is 0 Å². The van der Waals surface area contributed by atoms with Crippen molar-refractivity contribution in [3.05, 3.63) is 12.2 Å². The van der Waals surface area contributed by atoms with Crippen LogP contribution in [0.15, 0.2) is 12.2 Å². The van der Waals surface area contributed by atoms with Crippen molar-refractivity contribution < 1.29 is 9.53 Å². The second-order valence-corrected chi connectivity index (χ2v) is 5.85. The van der Waals surface area contributed by atoms with E-state index in [2.05, 4.69) is 0 Å². The molecule has 3 nitrogen and oxygen atoms in total. The van der Waals surface area contributed by atoms with E-state index in [0.29, 0.717) is 13.2 Å². The van der Waals surface area contributed by atoms with E-state index in [4.69, 9.17) is 10.5 Å². The Hall–Kier alpha value is -0.670. The lowest BCUT2D eigenvalue weighted by Gasteiger charge is -2.31. The average Bonchev–Trinajstić information content (AvgIpc) is 2.26. The normalized spacial score (nSPS) is 15.2. The van der Waals surface area contributed by atoms with Gasteiger partial charge in [0.2, 0.25) is 0 Å². The van der Waals surface area contributed by atoms with Crippen molar-refractivity contribution in [1.29, 1.82) is 0 Å². The highest BCUT2D eigenvalue weighted by Crippen LogP contribution is 2.22. The molecule has 0 rings (SSSR count). The lowest BCUT2D eigenvalue weighted by molar-refractivity contribution is -0.146. The van der Waals surface area contributed by atoms with Crippen molar-refractivity contribution in [3.8, 4) is 0 Å². The van der Waals surface area contributed by atoms with E-state index in [-0.39, 0.29) is 17.1 Å². The minimum atomic E-state index is -0.759. The Morgan fingerprint density at radius 2 is 1.88 bits per heavy atom. The third-order valence-electron chi connectivity index (χ3n) is 2.86. The van der Waals surface area contributed by atoms with Crippen LogP contribution in [-0.2, 0) is 9.53 Å². The van der Waals surface area contributed by atoms with E-state index in [1.54, 1.807) is 0 Å². The van der Waals surface area contributed by atoms with Gasteiger partial charge in [0.1, 0.15) is 5.60 Å². The van der Waals surface area contributed by atoms with Gasteiger partial charge in [0.25, 0.3) is 0 Å². The number of Topliss-reactive ketones (excluding diaryl/α,β-unsaturated/α-hetero) is 1. The molecular weight excluding hydrogens is 214 g/mol. The predicted molar refractivity (Wildman–Crippen MR) is 71.9 cm³/mol. The number of ketones is 1. The van der Waals surface area contributed by atoms with Gasteiger partial charge in [-0.05, 0) is 27.3 Å². The molecule has 0 aromatic carbocycles. The molecule has 0 bridgehead atoms. The molecule has 0 fully saturated rings. The lowest BCUT2D eigenvalue weighted by Crippen LogP contribution is -2.42. The van der Waals surface area contributed by atoms with Crippen LogP contribution in [0, 0.1) is 11.3 Å². The molecule has 0 aromatic heterocycles. The number of allylic oxidation sites excluding steroid dienone is 2. The molecule has 3 heteroatoms. The molecule has 0 saturated heterocycles. The predicted octanol–water partition coefficient (Wildman–Crippen LogP) is 2.55. The maximum atomic E-state index is 12.2. The number of nitrogens with two attached hydrogens (primary N) is 1. The van der Waals surface area contributed by atoms with E-state index < -0.39 is 5.60 Å². The van der Waals surface area contributed by atoms with Crippen LogP contribution in [0.4, 0.5) is 0 Å². The van der Waals surface area contributed by atoms with Crippen LogP contribution >= 0.6 is 0 Å². The lowest BCUT2D eigenvalue weighted by atomic mass is 9.91. The Morgan fingerprint density at radius 1 is 1.35 bits per heavy atom. The molecule has 0 aliphatic carbocycles. The monoisotopic (exact) mass is 241 g/mol. The highest BCUT2D eigenvalue weighted by molar-refractivity contribution is 5.89. The van der Waals surface area contributed by atoms with Crippen LogP contribution < -0.4 is 5.73 Å². The first-order chi connectivity index (χ1) is 7.66. The van der Waals surface area contributed by atoms with Gasteiger partial charge in [0, 0.05) is 11.3 Å². The summed E-state index contributed by atoms with van der Waals surface area (Å²) in [5, 5.41) is 0. The van der Waals surface area contributed by atoms with Gasteiger partial charge in [-0.3, -0.25) is 4.79 Å². The molecule has 1 unspecified atom stereocenters. The van der Waals surface area contributed by atoms with E-state index in [0.717, 1.165) is 0 Å². The van der Waals surface area contributed by atoms with Gasteiger partial charge >= 0.3 is 0 Å². The maximum Gasteiger partial charge on any atom is 0.170 e. The summed E-state index contributed by atoms with van der Waals surface area (Å²) < 4.78 is 5.75. The van der Waals surface area contributed by atoms with Crippen molar-refractivity contribution in [2.45, 2.75) is 47.1 Å². The van der Waals surface area contributed by atoms with Crippen LogP contribution in [0.2, 0.25) is 0 Å². The molecule has 0 heterocycles. The zero-order valence-corrected chi connectivity index (χ0v) is 12.0. The van der Waals surface area contributed by atoms with Gasteiger partial charge in [0.15, 0.2) is 5.78 Å². The summed E-state index contributed by atoms with van der Waals surface area (Å²) in [7, 11) is 0. The summed E-state index contributed by atoms with van der Waals surface area (Å²) in [6.07, 6.45) is 3.78. The Morgan fingerprint density at radius 3 is 2.29 bits per heavy atom. The van der Waals surface area contributed by atoms with Gasteiger partial charge in [-0.25, -0.2) is 0 Å². The molecule has 0 aromatic rings. The van der Waals surface area contributed by atoms with Crippen LogP contribution in [0.25, 0.3) is 0 Å². The fourth-order valence-corrected chi connectivity index (χ4v) is 1.43. The van der Waals surface area contributed by atoms with Crippen molar-refractivity contribution in [3.63, 3.8) is 0 Å². The summed E-state index contributed by atoms with van der Waals surface area (Å²) in [5.41, 5.74) is 4.79. The molecular formula is C14H27NO2. The smallest absolute Gasteiger partial charge is 0.170 e. The zero-order chi connectivity index (χ0) is 13.7. The summed E-state index contributed by atoms with van der Waals surface area (Å²) in [4.78, 5) is 12.2. The van der Waals surface area contributed by atoms with Crippen molar-refractivity contribution >= 4 is 5.78 Å². The number of carbonyl (C=O) groups excluding carboxylic acids is 1. The molecule has 100 valence electrons. The molecule has 0 radical (unpaired) electrons. The number of rotatable bonds is 7. The molecule has 0 saturated carbocycles. The fraction of sp³-hybridized carbons (Fsp3) is 0.786. The average molecular weight is 241 g/mol. The molecule has 1 atom stereocenters. The maximum absolute atomic E-state index is 12.2. The third kappa shape index (κ3) is 5.46. The highest BCUT2D eigenvalue weighted by Gasteiger charge is 2.33. The second-order valence-electron chi connectivity index (χ2n) is 5.85. The minimum Gasteiger partial charge on any atom is -0.367 e. The molecule has 0 spiro atoms. The largest absolute Gasteiger partial charge is 0.367 e. The van der Waals surface area contributed by atoms with E-state index >= 15 is 0 Å². The Balaban J connectivity index is 4.52. The summed E-state index contributed by atoms with van der Waals surface area (Å²) in [6.45, 7) is 12.5. The first-order valence-corrected chi connectivity index (χ1v) is 6.17. The van der Waals surface area contributed by atoms with Crippen molar-refractivity contribution in [2.24, 2.45) is 17.1 Å². The third-order valence-corrected chi connectivity index (χ3v) is 2.86. The SMILES string of the molecule is CC=CC(C)C(=O)C(C)(C)OCC(C)(C)CN. The number of hydrogen-bond donors (Lipinski definition) is 1. The topological polar surface area (TPSA) is 52.3 Å². The molecule has 0 aliphatic rings.